The lowest BCUT2D eigenvalue weighted by atomic mass is 9.82. The summed E-state index contributed by atoms with van der Waals surface area (Å²) < 4.78 is 17.5. The second kappa shape index (κ2) is 11.2. The molecule has 0 N–H and O–H groups in total. The molecule has 2 atom stereocenters. The number of carbonyl (C=O) groups excluding carboxylic acids is 1. The van der Waals surface area contributed by atoms with Crippen LogP contribution in [0.2, 0.25) is 0 Å². The molecule has 0 radical (unpaired) electrons. The largest absolute Gasteiger partial charge is 0.493 e. The highest BCUT2D eigenvalue weighted by molar-refractivity contribution is 9.10. The van der Waals surface area contributed by atoms with Crippen LogP contribution in [0.5, 0.6) is 11.5 Å². The predicted molar refractivity (Wildman–Crippen MR) is 130 cm³/mol. The van der Waals surface area contributed by atoms with E-state index in [2.05, 4.69) is 41.0 Å². The topological polar surface area (TPSA) is 51.2 Å². The Morgan fingerprint density at radius 2 is 1.78 bits per heavy atom. The van der Waals surface area contributed by atoms with Crippen molar-refractivity contribution in [3.05, 3.63) is 57.6 Å². The van der Waals surface area contributed by atoms with Crippen LogP contribution < -0.4 is 9.47 Å². The van der Waals surface area contributed by atoms with Gasteiger partial charge in [0.1, 0.15) is 0 Å². The van der Waals surface area contributed by atoms with E-state index in [0.717, 1.165) is 34.2 Å². The van der Waals surface area contributed by atoms with E-state index in [4.69, 9.17) is 14.2 Å². The lowest BCUT2D eigenvalue weighted by Crippen LogP contribution is -2.49. The first-order valence-electron chi connectivity index (χ1n) is 10.8. The summed E-state index contributed by atoms with van der Waals surface area (Å²) in [5.74, 6) is 1.48. The second-order valence-electron chi connectivity index (χ2n) is 8.27. The summed E-state index contributed by atoms with van der Waals surface area (Å²) >= 11 is 3.58. The van der Waals surface area contributed by atoms with Gasteiger partial charge in [-0.15, -0.1) is 0 Å². The minimum atomic E-state index is -0.112. The molecule has 0 aromatic heterocycles. The number of amides is 1. The number of methoxy groups -OCH3 is 3. The Kier molecular flexibility index (Phi) is 8.57. The van der Waals surface area contributed by atoms with Crippen LogP contribution in [-0.4, -0.2) is 70.3 Å². The molecule has 1 aliphatic carbocycles. The van der Waals surface area contributed by atoms with Crippen molar-refractivity contribution in [3.63, 3.8) is 0 Å². The first-order valence-corrected chi connectivity index (χ1v) is 11.6. The minimum Gasteiger partial charge on any atom is -0.493 e. The maximum Gasteiger partial charge on any atom is 0.227 e. The smallest absolute Gasteiger partial charge is 0.227 e. The SMILES string of the molecule is COCCN(C(=O)Cc1ccccc1Br)C1c2cc(OC)c(OC)cc2CCC1N(C)C. The fourth-order valence-corrected chi connectivity index (χ4v) is 4.95. The number of ether oxygens (including phenoxy) is 3. The molecule has 7 heteroatoms. The number of fused-ring (bicyclic) bond motifs is 1. The number of halogens is 1. The van der Waals surface area contributed by atoms with Crippen LogP contribution in [0.4, 0.5) is 0 Å². The summed E-state index contributed by atoms with van der Waals surface area (Å²) in [4.78, 5) is 17.9. The van der Waals surface area contributed by atoms with E-state index < -0.39 is 0 Å². The lowest BCUT2D eigenvalue weighted by molar-refractivity contribution is -0.135. The minimum absolute atomic E-state index is 0.0773. The van der Waals surface area contributed by atoms with Gasteiger partial charge < -0.3 is 24.0 Å². The van der Waals surface area contributed by atoms with Crippen molar-refractivity contribution >= 4 is 21.8 Å². The first-order chi connectivity index (χ1) is 15.4. The third kappa shape index (κ3) is 5.27. The van der Waals surface area contributed by atoms with Crippen molar-refractivity contribution in [2.24, 2.45) is 0 Å². The normalized spacial score (nSPS) is 17.7. The highest BCUT2D eigenvalue weighted by Gasteiger charge is 2.38. The van der Waals surface area contributed by atoms with Gasteiger partial charge in [-0.25, -0.2) is 0 Å². The van der Waals surface area contributed by atoms with Gasteiger partial charge in [0.05, 0.1) is 33.3 Å². The second-order valence-corrected chi connectivity index (χ2v) is 9.12. The van der Waals surface area contributed by atoms with Gasteiger partial charge in [0.2, 0.25) is 5.91 Å². The molecular formula is C25H33BrN2O4. The number of hydrogen-bond donors (Lipinski definition) is 0. The van der Waals surface area contributed by atoms with Crippen LogP contribution in [0.1, 0.15) is 29.2 Å². The van der Waals surface area contributed by atoms with E-state index in [9.17, 15) is 4.79 Å². The average molecular weight is 505 g/mol. The van der Waals surface area contributed by atoms with Crippen molar-refractivity contribution in [2.75, 3.05) is 48.6 Å². The number of likely N-dealkylation sites (N-methyl/N-ethyl adjacent to an activating group) is 1. The van der Waals surface area contributed by atoms with Crippen LogP contribution in [0.15, 0.2) is 40.9 Å². The first kappa shape index (κ1) is 24.6. The third-order valence-electron chi connectivity index (χ3n) is 6.19. The zero-order valence-electron chi connectivity index (χ0n) is 19.6. The summed E-state index contributed by atoms with van der Waals surface area (Å²) in [6.07, 6.45) is 2.20. The predicted octanol–water partition coefficient (Wildman–Crippen LogP) is 4.10. The molecule has 0 heterocycles. The molecule has 0 aliphatic heterocycles. The van der Waals surface area contributed by atoms with Gasteiger partial charge in [-0.3, -0.25) is 4.79 Å². The van der Waals surface area contributed by atoms with Gasteiger partial charge in [-0.05, 0) is 61.8 Å². The van der Waals surface area contributed by atoms with Crippen molar-refractivity contribution in [3.8, 4) is 11.5 Å². The summed E-state index contributed by atoms with van der Waals surface area (Å²) in [6.45, 7) is 0.990. The highest BCUT2D eigenvalue weighted by Crippen LogP contribution is 2.42. The molecule has 3 rings (SSSR count). The van der Waals surface area contributed by atoms with Crippen LogP contribution in [0.3, 0.4) is 0 Å². The average Bonchev–Trinajstić information content (AvgIpc) is 2.79. The number of nitrogens with zero attached hydrogens (tertiary/aromatic N) is 2. The number of benzene rings is 2. The molecule has 6 nitrogen and oxygen atoms in total. The molecule has 0 bridgehead atoms. The van der Waals surface area contributed by atoms with E-state index in [1.165, 1.54) is 5.56 Å². The fourth-order valence-electron chi connectivity index (χ4n) is 4.53. The Morgan fingerprint density at radius 1 is 1.09 bits per heavy atom. The van der Waals surface area contributed by atoms with E-state index in [-0.39, 0.29) is 18.0 Å². The van der Waals surface area contributed by atoms with Gasteiger partial charge in [0.15, 0.2) is 11.5 Å². The molecular weight excluding hydrogens is 472 g/mol. The van der Waals surface area contributed by atoms with E-state index in [0.29, 0.717) is 25.3 Å². The zero-order chi connectivity index (χ0) is 23.3. The highest BCUT2D eigenvalue weighted by atomic mass is 79.9. The van der Waals surface area contributed by atoms with E-state index >= 15 is 0 Å². The molecule has 2 aromatic rings. The van der Waals surface area contributed by atoms with E-state index in [1.807, 2.05) is 35.2 Å². The monoisotopic (exact) mass is 504 g/mol. The van der Waals surface area contributed by atoms with E-state index in [1.54, 1.807) is 21.3 Å². The maximum absolute atomic E-state index is 13.7. The number of aryl methyl sites for hydroxylation is 1. The van der Waals surface area contributed by atoms with Crippen molar-refractivity contribution in [2.45, 2.75) is 31.3 Å². The molecule has 1 aliphatic rings. The number of rotatable bonds is 9. The summed E-state index contributed by atoms with van der Waals surface area (Å²) in [5, 5.41) is 0. The Bertz CT molecular complexity index is 934. The van der Waals surface area contributed by atoms with Crippen LogP contribution in [0.25, 0.3) is 0 Å². The van der Waals surface area contributed by atoms with Crippen LogP contribution >= 0.6 is 15.9 Å². The van der Waals surface area contributed by atoms with Gasteiger partial charge in [-0.1, -0.05) is 34.1 Å². The molecule has 0 saturated carbocycles. The van der Waals surface area contributed by atoms with Gasteiger partial charge in [0.25, 0.3) is 0 Å². The summed E-state index contributed by atoms with van der Waals surface area (Å²) in [6, 6.07) is 12.0. The Morgan fingerprint density at radius 3 is 2.41 bits per heavy atom. The molecule has 2 aromatic carbocycles. The van der Waals surface area contributed by atoms with Crippen molar-refractivity contribution in [1.82, 2.24) is 9.80 Å². The number of carbonyl (C=O) groups is 1. The van der Waals surface area contributed by atoms with Crippen LogP contribution in [-0.2, 0) is 22.4 Å². The Hall–Kier alpha value is -2.09. The van der Waals surface area contributed by atoms with Gasteiger partial charge in [0, 0.05) is 24.2 Å². The summed E-state index contributed by atoms with van der Waals surface area (Å²) in [5.41, 5.74) is 3.29. The standard InChI is InChI=1S/C25H33BrN2O4/c1-27(2)21-11-10-17-14-22(31-4)23(32-5)16-19(17)25(21)28(12-13-30-3)24(29)15-18-8-6-7-9-20(18)26/h6-9,14,16,21,25H,10-13,15H2,1-5H3. The summed E-state index contributed by atoms with van der Waals surface area (Å²) in [7, 11) is 9.13. The molecule has 0 spiro atoms. The maximum atomic E-state index is 13.7. The number of hydrogen-bond acceptors (Lipinski definition) is 5. The molecule has 2 unspecified atom stereocenters. The Balaban J connectivity index is 2.06. The zero-order valence-corrected chi connectivity index (χ0v) is 21.1. The van der Waals surface area contributed by atoms with Crippen molar-refractivity contribution < 1.29 is 19.0 Å². The molecule has 0 fully saturated rings. The molecule has 1 amide bonds. The van der Waals surface area contributed by atoms with Gasteiger partial charge >= 0.3 is 0 Å². The quantitative estimate of drug-likeness (QED) is 0.514. The molecule has 32 heavy (non-hydrogen) atoms. The third-order valence-corrected chi connectivity index (χ3v) is 6.97. The molecule has 0 saturated heterocycles. The molecule has 174 valence electrons. The van der Waals surface area contributed by atoms with Crippen LogP contribution in [0, 0.1) is 0 Å². The van der Waals surface area contributed by atoms with Gasteiger partial charge in [-0.2, -0.15) is 0 Å². The van der Waals surface area contributed by atoms with Crippen molar-refractivity contribution in [1.29, 1.82) is 0 Å². The Labute approximate surface area is 199 Å². The fraction of sp³-hybridized carbons (Fsp3) is 0.480. The lowest BCUT2D eigenvalue weighted by Gasteiger charge is -2.44.